The van der Waals surface area contributed by atoms with Gasteiger partial charge in [-0.3, -0.25) is 0 Å². The third-order valence-corrected chi connectivity index (χ3v) is 5.55. The smallest absolute Gasteiger partial charge is 0.0769 e. The summed E-state index contributed by atoms with van der Waals surface area (Å²) < 4.78 is 0. The number of thiocarbonyl (C=S) groups is 1. The fourth-order valence-corrected chi connectivity index (χ4v) is 3.82. The minimum Gasteiger partial charge on any atom is -0.194 e. The first-order valence-electron chi connectivity index (χ1n) is 10.2. The Morgan fingerprint density at radius 1 is 1.07 bits per heavy atom. The van der Waals surface area contributed by atoms with Gasteiger partial charge in [-0.25, -0.2) is 0 Å². The van der Waals surface area contributed by atoms with Crippen LogP contribution in [0.3, 0.4) is 0 Å². The van der Waals surface area contributed by atoms with Gasteiger partial charge in [0.1, 0.15) is 0 Å². The van der Waals surface area contributed by atoms with E-state index < -0.39 is 0 Å². The van der Waals surface area contributed by atoms with Gasteiger partial charge < -0.3 is 0 Å². The van der Waals surface area contributed by atoms with Crippen LogP contribution in [0.5, 0.6) is 0 Å². The zero-order valence-corrected chi connectivity index (χ0v) is 17.6. The van der Waals surface area contributed by atoms with Crippen LogP contribution in [0.4, 0.5) is 5.69 Å². The summed E-state index contributed by atoms with van der Waals surface area (Å²) >= 11 is 4.67. The molecule has 0 amide bonds. The second kappa shape index (κ2) is 10.2. The highest BCUT2D eigenvalue weighted by molar-refractivity contribution is 7.78. The fraction of sp³-hybridized carbons (Fsp3) is 0.346. The zero-order chi connectivity index (χ0) is 19.8. The molecule has 0 saturated heterocycles. The number of allylic oxidation sites excluding steroid dienone is 2. The lowest BCUT2D eigenvalue weighted by molar-refractivity contribution is 0.434. The largest absolute Gasteiger partial charge is 0.194 e. The summed E-state index contributed by atoms with van der Waals surface area (Å²) in [5, 5.41) is 2.41. The van der Waals surface area contributed by atoms with E-state index in [4.69, 9.17) is 0 Å². The Labute approximate surface area is 174 Å². The number of rotatable bonds is 5. The summed E-state index contributed by atoms with van der Waals surface area (Å²) in [7, 11) is 0. The summed E-state index contributed by atoms with van der Waals surface area (Å²) in [6.07, 6.45) is 10.3. The lowest BCUT2D eigenvalue weighted by Gasteiger charge is -2.22. The highest BCUT2D eigenvalue weighted by atomic mass is 32.1. The van der Waals surface area contributed by atoms with Crippen LogP contribution >= 0.6 is 12.2 Å². The van der Waals surface area contributed by atoms with E-state index in [2.05, 4.69) is 71.5 Å². The summed E-state index contributed by atoms with van der Waals surface area (Å²) in [6, 6.07) is 14.6. The zero-order valence-electron chi connectivity index (χ0n) is 16.8. The molecule has 0 bridgehead atoms. The number of aliphatic imine (C=N–C) groups is 1. The van der Waals surface area contributed by atoms with E-state index in [-0.39, 0.29) is 0 Å². The molecular formula is C26H27NS. The highest BCUT2D eigenvalue weighted by Gasteiger charge is 2.14. The molecule has 0 N–H and O–H groups in total. The first kappa shape index (κ1) is 20.3. The van der Waals surface area contributed by atoms with E-state index in [9.17, 15) is 0 Å². The van der Waals surface area contributed by atoms with E-state index in [1.807, 2.05) is 25.1 Å². The Balaban J connectivity index is 1.66. The van der Waals surface area contributed by atoms with Gasteiger partial charge in [0.15, 0.2) is 0 Å². The van der Waals surface area contributed by atoms with Gasteiger partial charge in [0.25, 0.3) is 0 Å². The monoisotopic (exact) mass is 385 g/mol. The van der Waals surface area contributed by atoms with Gasteiger partial charge in [0.05, 0.1) is 10.8 Å². The summed E-state index contributed by atoms with van der Waals surface area (Å²) in [6.45, 7) is 4.29. The van der Waals surface area contributed by atoms with Crippen molar-refractivity contribution in [3.63, 3.8) is 0 Å². The third kappa shape index (κ3) is 5.52. The average molecular weight is 386 g/mol. The van der Waals surface area contributed by atoms with Crippen molar-refractivity contribution in [2.24, 2.45) is 10.9 Å². The van der Waals surface area contributed by atoms with Crippen LogP contribution in [0.25, 0.3) is 5.57 Å². The van der Waals surface area contributed by atoms with Crippen molar-refractivity contribution < 1.29 is 0 Å². The summed E-state index contributed by atoms with van der Waals surface area (Å²) in [5.41, 5.74) is 6.77. The molecule has 2 aromatic carbocycles. The second-order valence-corrected chi connectivity index (χ2v) is 7.73. The molecule has 1 atom stereocenters. The Morgan fingerprint density at radius 3 is 2.46 bits per heavy atom. The minimum absolute atomic E-state index is 0.850. The molecule has 0 aliphatic heterocycles. The highest BCUT2D eigenvalue weighted by Crippen LogP contribution is 2.32. The maximum atomic E-state index is 4.67. The maximum absolute atomic E-state index is 4.67. The maximum Gasteiger partial charge on any atom is 0.0769 e. The molecule has 3 rings (SSSR count). The van der Waals surface area contributed by atoms with E-state index in [0.29, 0.717) is 0 Å². The van der Waals surface area contributed by atoms with Crippen LogP contribution in [0.15, 0.2) is 53.5 Å². The van der Waals surface area contributed by atoms with Crippen LogP contribution in [0.2, 0.25) is 0 Å². The van der Waals surface area contributed by atoms with Crippen LogP contribution < -0.4 is 0 Å². The average Bonchev–Trinajstić information content (AvgIpc) is 2.73. The lowest BCUT2D eigenvalue weighted by atomic mass is 9.84. The number of hydrogen-bond donors (Lipinski definition) is 0. The van der Waals surface area contributed by atoms with E-state index >= 15 is 0 Å². The van der Waals surface area contributed by atoms with Crippen molar-refractivity contribution in [3.05, 3.63) is 70.8 Å². The molecule has 28 heavy (non-hydrogen) atoms. The van der Waals surface area contributed by atoms with E-state index in [1.54, 1.807) is 0 Å². The topological polar surface area (TPSA) is 12.4 Å². The van der Waals surface area contributed by atoms with Crippen LogP contribution in [0.1, 0.15) is 67.7 Å². The van der Waals surface area contributed by atoms with Crippen LogP contribution in [-0.4, -0.2) is 5.16 Å². The van der Waals surface area contributed by atoms with Gasteiger partial charge in [0.2, 0.25) is 0 Å². The normalized spacial score (nSPS) is 15.8. The Kier molecular flexibility index (Phi) is 7.38. The predicted molar refractivity (Wildman–Crippen MR) is 123 cm³/mol. The molecule has 0 aromatic heterocycles. The number of hydrogen-bond acceptors (Lipinski definition) is 2. The molecule has 142 valence electrons. The first-order chi connectivity index (χ1) is 13.7. The molecule has 0 radical (unpaired) electrons. The van der Waals surface area contributed by atoms with Gasteiger partial charge >= 0.3 is 0 Å². The van der Waals surface area contributed by atoms with Crippen molar-refractivity contribution in [3.8, 4) is 11.8 Å². The van der Waals surface area contributed by atoms with Crippen LogP contribution in [0, 0.1) is 24.7 Å². The first-order valence-corrected chi connectivity index (χ1v) is 10.6. The van der Waals surface area contributed by atoms with E-state index in [1.165, 1.54) is 49.7 Å². The minimum atomic E-state index is 0.850. The molecule has 0 heterocycles. The second-order valence-electron chi connectivity index (χ2n) is 7.54. The van der Waals surface area contributed by atoms with Gasteiger partial charge in [0, 0.05) is 11.1 Å². The molecule has 0 saturated carbocycles. The van der Waals surface area contributed by atoms with Crippen molar-refractivity contribution in [1.82, 2.24) is 0 Å². The van der Waals surface area contributed by atoms with Crippen molar-refractivity contribution in [2.75, 3.05) is 0 Å². The van der Waals surface area contributed by atoms with E-state index in [0.717, 1.165) is 28.3 Å². The SMILES string of the molecule is CCCCC1CC=C(c2ccc(C#Cc3ccc(N=C=S)c(C)c3)cc2)CC1. The Bertz CT molecular complexity index is 950. The number of nitrogens with zero attached hydrogens (tertiary/aromatic N) is 1. The van der Waals surface area contributed by atoms with Crippen molar-refractivity contribution in [1.29, 1.82) is 0 Å². The van der Waals surface area contributed by atoms with Gasteiger partial charge in [-0.05, 0) is 91.4 Å². The molecule has 1 aliphatic carbocycles. The molecule has 0 fully saturated rings. The van der Waals surface area contributed by atoms with Crippen molar-refractivity contribution in [2.45, 2.75) is 52.4 Å². The number of unbranched alkanes of at least 4 members (excludes halogenated alkanes) is 1. The molecule has 1 unspecified atom stereocenters. The molecule has 2 aromatic rings. The third-order valence-electron chi connectivity index (χ3n) is 5.46. The fourth-order valence-electron chi connectivity index (χ4n) is 3.73. The predicted octanol–water partition coefficient (Wildman–Crippen LogP) is 7.50. The molecule has 2 heteroatoms. The van der Waals surface area contributed by atoms with Gasteiger partial charge in [-0.15, -0.1) is 0 Å². The Hall–Kier alpha value is -2.46. The lowest BCUT2D eigenvalue weighted by Crippen LogP contribution is -2.05. The van der Waals surface area contributed by atoms with Gasteiger partial charge in [-0.1, -0.05) is 56.2 Å². The number of benzene rings is 2. The van der Waals surface area contributed by atoms with Gasteiger partial charge in [-0.2, -0.15) is 4.99 Å². The quantitative estimate of drug-likeness (QED) is 0.295. The molecule has 1 aliphatic rings. The molecular weight excluding hydrogens is 358 g/mol. The number of isothiocyanates is 1. The summed E-state index contributed by atoms with van der Waals surface area (Å²) in [4.78, 5) is 4.05. The standard InChI is InChI=1S/C26H27NS/c1-3-4-5-21-8-13-24(14-9-21)25-15-10-22(11-16-25)6-7-23-12-17-26(27-19-28)20(2)18-23/h10-13,15-18,21H,3-5,8-9,14H2,1-2H3. The molecule has 0 spiro atoms. The number of aryl methyl sites for hydroxylation is 1. The Morgan fingerprint density at radius 2 is 1.82 bits per heavy atom. The molecule has 1 nitrogen and oxygen atoms in total. The summed E-state index contributed by atoms with van der Waals surface area (Å²) in [5.74, 6) is 7.39. The van der Waals surface area contributed by atoms with Crippen LogP contribution in [-0.2, 0) is 0 Å². The van der Waals surface area contributed by atoms with Crippen molar-refractivity contribution >= 4 is 28.6 Å².